The predicted molar refractivity (Wildman–Crippen MR) is 127 cm³/mol. The molecule has 7 nitrogen and oxygen atoms in total. The summed E-state index contributed by atoms with van der Waals surface area (Å²) >= 11 is 6.15. The van der Waals surface area contributed by atoms with Crippen LogP contribution in [0.4, 0.5) is 10.1 Å². The van der Waals surface area contributed by atoms with Crippen molar-refractivity contribution < 1.29 is 23.5 Å². The van der Waals surface area contributed by atoms with Gasteiger partial charge in [-0.1, -0.05) is 47.5 Å². The highest BCUT2D eigenvalue weighted by Gasteiger charge is 2.61. The van der Waals surface area contributed by atoms with Crippen LogP contribution in [-0.4, -0.2) is 35.9 Å². The standard InChI is InChI=1S/C26H21ClFN3O4/c1-14-7-9-15(10-8-14)24(32)31-23-21(22(29-31)17-5-3-4-6-18(17)28)25(33)30(26(23)34)19-13-16(27)11-12-20(19)35-2/h3-13,21-23,29H,1-2H3. The molecule has 2 aliphatic heterocycles. The van der Waals surface area contributed by atoms with E-state index in [1.165, 1.54) is 31.4 Å². The van der Waals surface area contributed by atoms with E-state index in [0.717, 1.165) is 15.5 Å². The molecule has 9 heteroatoms. The van der Waals surface area contributed by atoms with E-state index < -0.39 is 41.5 Å². The number of halogens is 2. The predicted octanol–water partition coefficient (Wildman–Crippen LogP) is 4.06. The third kappa shape index (κ3) is 3.75. The van der Waals surface area contributed by atoms with E-state index in [-0.39, 0.29) is 17.0 Å². The van der Waals surface area contributed by atoms with Crippen molar-refractivity contribution in [3.63, 3.8) is 0 Å². The number of fused-ring (bicyclic) bond motifs is 1. The first kappa shape index (κ1) is 23.0. The second kappa shape index (κ2) is 8.79. The van der Waals surface area contributed by atoms with Gasteiger partial charge in [-0.15, -0.1) is 0 Å². The lowest BCUT2D eigenvalue weighted by Gasteiger charge is -2.26. The van der Waals surface area contributed by atoms with Crippen LogP contribution in [0, 0.1) is 18.7 Å². The largest absolute Gasteiger partial charge is 0.495 e. The third-order valence-corrected chi connectivity index (χ3v) is 6.61. The number of carbonyl (C=O) groups excluding carboxylic acids is 3. The molecule has 3 aromatic rings. The lowest BCUT2D eigenvalue weighted by molar-refractivity contribution is -0.123. The number of anilines is 1. The first-order chi connectivity index (χ1) is 16.8. The van der Waals surface area contributed by atoms with Crippen molar-refractivity contribution in [3.8, 4) is 5.75 Å². The molecule has 3 amide bonds. The zero-order chi connectivity index (χ0) is 24.9. The minimum atomic E-state index is -1.19. The normalized spacial score (nSPS) is 21.4. The van der Waals surface area contributed by atoms with Crippen molar-refractivity contribution in [1.82, 2.24) is 10.4 Å². The lowest BCUT2D eigenvalue weighted by atomic mass is 9.90. The van der Waals surface area contributed by atoms with Crippen molar-refractivity contribution in [1.29, 1.82) is 0 Å². The number of hydrogen-bond donors (Lipinski definition) is 1. The average Bonchev–Trinajstić information content (AvgIpc) is 3.36. The first-order valence-electron chi connectivity index (χ1n) is 10.9. The van der Waals surface area contributed by atoms with Gasteiger partial charge in [-0.3, -0.25) is 19.4 Å². The zero-order valence-corrected chi connectivity index (χ0v) is 19.6. The number of aryl methyl sites for hydroxylation is 1. The number of carbonyl (C=O) groups is 3. The first-order valence-corrected chi connectivity index (χ1v) is 11.3. The third-order valence-electron chi connectivity index (χ3n) is 6.37. The summed E-state index contributed by atoms with van der Waals surface area (Å²) in [5, 5.41) is 1.44. The Kier molecular flexibility index (Phi) is 5.78. The molecule has 5 rings (SSSR count). The summed E-state index contributed by atoms with van der Waals surface area (Å²) in [5.74, 6) is -3.06. The molecule has 2 saturated heterocycles. The molecule has 178 valence electrons. The van der Waals surface area contributed by atoms with Gasteiger partial charge >= 0.3 is 0 Å². The van der Waals surface area contributed by atoms with E-state index in [2.05, 4.69) is 5.43 Å². The second-order valence-corrected chi connectivity index (χ2v) is 8.90. The summed E-state index contributed by atoms with van der Waals surface area (Å²) in [5.41, 5.74) is 4.59. The molecule has 2 heterocycles. The molecule has 35 heavy (non-hydrogen) atoms. The number of benzene rings is 3. The summed E-state index contributed by atoms with van der Waals surface area (Å²) in [7, 11) is 1.41. The van der Waals surface area contributed by atoms with Crippen molar-refractivity contribution in [2.24, 2.45) is 5.92 Å². The van der Waals surface area contributed by atoms with Gasteiger partial charge in [0.1, 0.15) is 17.6 Å². The summed E-state index contributed by atoms with van der Waals surface area (Å²) in [6.07, 6.45) is 0. The maximum absolute atomic E-state index is 14.8. The maximum atomic E-state index is 14.8. The molecular weight excluding hydrogens is 473 g/mol. The summed E-state index contributed by atoms with van der Waals surface area (Å²) < 4.78 is 20.2. The van der Waals surface area contributed by atoms with Crippen molar-refractivity contribution >= 4 is 35.0 Å². The highest BCUT2D eigenvalue weighted by molar-refractivity contribution is 6.32. The van der Waals surface area contributed by atoms with Crippen molar-refractivity contribution in [2.75, 3.05) is 12.0 Å². The Hall–Kier alpha value is -3.75. The number of hydrazine groups is 1. The number of nitrogens with zero attached hydrogens (tertiary/aromatic N) is 2. The highest BCUT2D eigenvalue weighted by Crippen LogP contribution is 2.45. The molecule has 1 N–H and O–H groups in total. The van der Waals surface area contributed by atoms with Crippen LogP contribution in [0.2, 0.25) is 5.02 Å². The van der Waals surface area contributed by atoms with Crippen molar-refractivity contribution in [3.05, 3.63) is 94.3 Å². The van der Waals surface area contributed by atoms with Gasteiger partial charge in [0, 0.05) is 16.1 Å². The van der Waals surface area contributed by atoms with Gasteiger partial charge in [-0.2, -0.15) is 0 Å². The van der Waals surface area contributed by atoms with E-state index in [1.54, 1.807) is 42.5 Å². The minimum absolute atomic E-state index is 0.166. The quantitative estimate of drug-likeness (QED) is 0.555. The Balaban J connectivity index is 1.62. The Labute approximate surface area is 206 Å². The van der Waals surface area contributed by atoms with Crippen LogP contribution in [0.3, 0.4) is 0 Å². The second-order valence-electron chi connectivity index (χ2n) is 8.47. The number of methoxy groups -OCH3 is 1. The number of rotatable bonds is 4. The number of imide groups is 1. The van der Waals surface area contributed by atoms with Gasteiger partial charge in [0.05, 0.1) is 24.8 Å². The molecule has 0 bridgehead atoms. The zero-order valence-electron chi connectivity index (χ0n) is 18.9. The van der Waals surface area contributed by atoms with Gasteiger partial charge in [-0.25, -0.2) is 14.7 Å². The molecular formula is C26H21ClFN3O4. The van der Waals surface area contributed by atoms with Gasteiger partial charge < -0.3 is 4.74 Å². The fourth-order valence-corrected chi connectivity index (χ4v) is 4.84. The Morgan fingerprint density at radius 2 is 1.74 bits per heavy atom. The molecule has 0 spiro atoms. The van der Waals surface area contributed by atoms with Crippen LogP contribution in [0.1, 0.15) is 27.5 Å². The molecule has 2 fully saturated rings. The van der Waals surface area contributed by atoms with Crippen LogP contribution < -0.4 is 15.1 Å². The molecule has 3 atom stereocenters. The molecule has 0 aliphatic carbocycles. The molecule has 2 aliphatic rings. The smallest absolute Gasteiger partial charge is 0.268 e. The van der Waals surface area contributed by atoms with E-state index in [0.29, 0.717) is 10.6 Å². The molecule has 0 radical (unpaired) electrons. The van der Waals surface area contributed by atoms with Crippen LogP contribution in [-0.2, 0) is 9.59 Å². The molecule has 0 aromatic heterocycles. The number of ether oxygens (including phenoxy) is 1. The van der Waals surface area contributed by atoms with E-state index in [4.69, 9.17) is 16.3 Å². The van der Waals surface area contributed by atoms with Crippen LogP contribution in [0.15, 0.2) is 66.7 Å². The topological polar surface area (TPSA) is 79.0 Å². The lowest BCUT2D eigenvalue weighted by Crippen LogP contribution is -2.48. The van der Waals surface area contributed by atoms with E-state index >= 15 is 0 Å². The summed E-state index contributed by atoms with van der Waals surface area (Å²) in [4.78, 5) is 41.9. The van der Waals surface area contributed by atoms with Gasteiger partial charge in [-0.05, 0) is 43.3 Å². The monoisotopic (exact) mass is 493 g/mol. The van der Waals surface area contributed by atoms with Gasteiger partial charge in [0.15, 0.2) is 0 Å². The van der Waals surface area contributed by atoms with Crippen LogP contribution in [0.5, 0.6) is 5.75 Å². The summed E-state index contributed by atoms with van der Waals surface area (Å²) in [6.45, 7) is 1.89. The maximum Gasteiger partial charge on any atom is 0.268 e. The summed E-state index contributed by atoms with van der Waals surface area (Å²) in [6, 6.07) is 15.3. The Bertz CT molecular complexity index is 1350. The minimum Gasteiger partial charge on any atom is -0.495 e. The number of amides is 3. The molecule has 3 unspecified atom stereocenters. The van der Waals surface area contributed by atoms with Gasteiger partial charge in [0.25, 0.3) is 11.8 Å². The SMILES string of the molecule is COc1ccc(Cl)cc1N1C(=O)C2C(c3ccccc3F)NN(C(=O)c3ccc(C)cc3)C2C1=O. The van der Waals surface area contributed by atoms with Crippen molar-refractivity contribution in [2.45, 2.75) is 19.0 Å². The molecule has 0 saturated carbocycles. The van der Waals surface area contributed by atoms with E-state index in [1.807, 2.05) is 6.92 Å². The molecule has 3 aromatic carbocycles. The Morgan fingerprint density at radius 3 is 2.43 bits per heavy atom. The van der Waals surface area contributed by atoms with Crippen LogP contribution >= 0.6 is 11.6 Å². The van der Waals surface area contributed by atoms with Crippen LogP contribution in [0.25, 0.3) is 0 Å². The van der Waals surface area contributed by atoms with Gasteiger partial charge in [0.2, 0.25) is 5.91 Å². The number of hydrogen-bond acceptors (Lipinski definition) is 5. The Morgan fingerprint density at radius 1 is 1.03 bits per heavy atom. The number of nitrogens with one attached hydrogen (secondary N) is 1. The highest BCUT2D eigenvalue weighted by atomic mass is 35.5. The average molecular weight is 494 g/mol. The fourth-order valence-electron chi connectivity index (χ4n) is 4.67. The van der Waals surface area contributed by atoms with E-state index in [9.17, 15) is 18.8 Å². The fraction of sp³-hybridized carbons (Fsp3) is 0.192.